The van der Waals surface area contributed by atoms with Crippen LogP contribution in [0.2, 0.25) is 0 Å². The molecule has 0 spiro atoms. The smallest absolute Gasteiger partial charge is 0.367 e. The molecule has 0 saturated heterocycles. The molecule has 0 aromatic carbocycles. The maximum absolute atomic E-state index is 11.3. The van der Waals surface area contributed by atoms with Crippen molar-refractivity contribution in [1.29, 1.82) is 0 Å². The zero-order chi connectivity index (χ0) is 11.1. The van der Waals surface area contributed by atoms with Crippen molar-refractivity contribution in [3.05, 3.63) is 0 Å². The van der Waals surface area contributed by atoms with Crippen LogP contribution in [0.15, 0.2) is 0 Å². The lowest BCUT2D eigenvalue weighted by atomic mass is 10.0. The summed E-state index contributed by atoms with van der Waals surface area (Å²) in [6.07, 6.45) is 0.601. The van der Waals surface area contributed by atoms with E-state index in [9.17, 15) is 4.79 Å². The summed E-state index contributed by atoms with van der Waals surface area (Å²) in [6.45, 7) is 3.47. The number of aliphatic hydroxyl groups is 1. The lowest BCUT2D eigenvalue weighted by molar-refractivity contribution is -0.121. The summed E-state index contributed by atoms with van der Waals surface area (Å²) in [5.74, 6) is 0.0270. The number of hydrogen-bond donors (Lipinski definition) is 3. The molecule has 0 aromatic heterocycles. The lowest BCUT2D eigenvalue weighted by Gasteiger charge is -2.09. The van der Waals surface area contributed by atoms with E-state index in [1.54, 1.807) is 0 Å². The zero-order valence-electron chi connectivity index (χ0n) is 8.27. The van der Waals surface area contributed by atoms with Gasteiger partial charge in [-0.3, -0.25) is 4.79 Å². The minimum atomic E-state index is -1.52. The Labute approximate surface area is 89.6 Å². The Hall–Kier alpha value is -0.130. The number of hydrogen-bond acceptors (Lipinski definition) is 5. The molecule has 0 heterocycles. The summed E-state index contributed by atoms with van der Waals surface area (Å²) >= 11 is 4.74. The highest BCUT2D eigenvalue weighted by molar-refractivity contribution is 8.02. The van der Waals surface area contributed by atoms with Crippen molar-refractivity contribution < 1.29 is 14.4 Å². The molecule has 2 atom stereocenters. The van der Waals surface area contributed by atoms with E-state index in [0.29, 0.717) is 12.3 Å². The number of amides is 1. The molecule has 0 aliphatic rings. The van der Waals surface area contributed by atoms with Crippen LogP contribution in [0.4, 0.5) is 0 Å². The van der Waals surface area contributed by atoms with Gasteiger partial charge in [0.1, 0.15) is 0 Å². The molecule has 0 bridgehead atoms. The summed E-state index contributed by atoms with van der Waals surface area (Å²) < 4.78 is 4.62. The molecule has 0 radical (unpaired) electrons. The molecule has 7 heteroatoms. The standard InChI is InChI=1S/C7H15N2O3PS/c1-5(2)3-6(8)7(11)9-13(14)12-4-10/h5-6,10H,3-4,8H2,1-2H3/p+1/t6-/m0/s1. The van der Waals surface area contributed by atoms with Gasteiger partial charge in [-0.05, 0) is 12.3 Å². The predicted molar refractivity (Wildman–Crippen MR) is 58.0 cm³/mol. The van der Waals surface area contributed by atoms with E-state index in [-0.39, 0.29) is 5.91 Å². The largest absolute Gasteiger partial charge is 0.474 e. The van der Waals surface area contributed by atoms with Crippen LogP contribution in [0.3, 0.4) is 0 Å². The summed E-state index contributed by atoms with van der Waals surface area (Å²) in [5.41, 5.74) is 5.60. The highest BCUT2D eigenvalue weighted by Gasteiger charge is 2.22. The third-order valence-electron chi connectivity index (χ3n) is 1.44. The molecule has 82 valence electrons. The normalized spacial score (nSPS) is 13.9. The van der Waals surface area contributed by atoms with Crippen LogP contribution in [0.25, 0.3) is 0 Å². The van der Waals surface area contributed by atoms with Gasteiger partial charge in [-0.25, -0.2) is 0 Å². The Kier molecular flexibility index (Phi) is 7.13. The molecule has 0 fully saturated rings. The lowest BCUT2D eigenvalue weighted by Crippen LogP contribution is -2.38. The van der Waals surface area contributed by atoms with Gasteiger partial charge >= 0.3 is 7.07 Å². The number of aliphatic hydroxyl groups excluding tert-OH is 1. The fourth-order valence-corrected chi connectivity index (χ4v) is 1.80. The predicted octanol–water partition coefficient (Wildman–Crippen LogP) is 0.216. The number of nitrogens with two attached hydrogens (primary N) is 1. The molecule has 0 saturated carbocycles. The van der Waals surface area contributed by atoms with Crippen LogP contribution in [0.1, 0.15) is 20.3 Å². The minimum absolute atomic E-state index is 0.326. The first-order valence-electron chi connectivity index (χ1n) is 4.24. The highest BCUT2D eigenvalue weighted by Crippen LogP contribution is 2.16. The fraction of sp³-hybridized carbons (Fsp3) is 0.857. The van der Waals surface area contributed by atoms with Gasteiger partial charge in [0.15, 0.2) is 6.79 Å². The summed E-state index contributed by atoms with van der Waals surface area (Å²) in [4.78, 5) is 11.3. The van der Waals surface area contributed by atoms with Crippen molar-refractivity contribution in [2.75, 3.05) is 6.79 Å². The van der Waals surface area contributed by atoms with Crippen molar-refractivity contribution in [3.63, 3.8) is 0 Å². The molecule has 0 aliphatic carbocycles. The Bertz CT molecular complexity index is 213. The molecule has 14 heavy (non-hydrogen) atoms. The van der Waals surface area contributed by atoms with Gasteiger partial charge in [0, 0.05) is 0 Å². The van der Waals surface area contributed by atoms with Crippen molar-refractivity contribution >= 4 is 24.8 Å². The molecule has 0 rings (SSSR count). The first-order valence-corrected chi connectivity index (χ1v) is 6.51. The van der Waals surface area contributed by atoms with Crippen molar-refractivity contribution in [2.45, 2.75) is 26.3 Å². The molecule has 5 nitrogen and oxygen atoms in total. The first-order chi connectivity index (χ1) is 6.47. The quantitative estimate of drug-likeness (QED) is 0.456. The first kappa shape index (κ1) is 13.9. The van der Waals surface area contributed by atoms with Gasteiger partial charge in [0.25, 0.3) is 5.91 Å². The van der Waals surface area contributed by atoms with Crippen LogP contribution >= 0.6 is 7.07 Å². The molecule has 1 unspecified atom stereocenters. The molecule has 1 amide bonds. The van der Waals surface area contributed by atoms with Crippen LogP contribution in [-0.2, 0) is 21.1 Å². The number of nitrogens with one attached hydrogen (secondary N) is 1. The topological polar surface area (TPSA) is 84.6 Å². The fourth-order valence-electron chi connectivity index (χ4n) is 0.873. The third-order valence-corrected chi connectivity index (χ3v) is 2.78. The maximum atomic E-state index is 11.3. The number of rotatable bonds is 6. The Balaban J connectivity index is 3.89. The summed E-state index contributed by atoms with van der Waals surface area (Å²) in [6, 6.07) is -0.565. The second-order valence-corrected chi connectivity index (χ2v) is 5.22. The molecular formula is C7H16N2O3PS+. The molecule has 0 aliphatic heterocycles. The van der Waals surface area contributed by atoms with Crippen LogP contribution < -0.4 is 10.8 Å². The second kappa shape index (κ2) is 7.20. The zero-order valence-corrected chi connectivity index (χ0v) is 9.98. The van der Waals surface area contributed by atoms with Crippen molar-refractivity contribution in [2.24, 2.45) is 11.7 Å². The Morgan fingerprint density at radius 1 is 1.71 bits per heavy atom. The van der Waals surface area contributed by atoms with Gasteiger partial charge in [-0.1, -0.05) is 13.8 Å². The van der Waals surface area contributed by atoms with Gasteiger partial charge in [0.05, 0.1) is 6.04 Å². The van der Waals surface area contributed by atoms with Crippen molar-refractivity contribution in [3.8, 4) is 0 Å². The maximum Gasteiger partial charge on any atom is 0.474 e. The van der Waals surface area contributed by atoms with E-state index in [0.717, 1.165) is 0 Å². The van der Waals surface area contributed by atoms with Crippen LogP contribution in [0, 0.1) is 5.92 Å². The van der Waals surface area contributed by atoms with Gasteiger partial charge < -0.3 is 10.8 Å². The van der Waals surface area contributed by atoms with Gasteiger partial charge in [-0.15, -0.1) is 9.61 Å². The van der Waals surface area contributed by atoms with E-state index in [2.05, 4.69) is 9.61 Å². The van der Waals surface area contributed by atoms with E-state index < -0.39 is 19.9 Å². The monoisotopic (exact) mass is 239 g/mol. The minimum Gasteiger partial charge on any atom is -0.367 e. The molecule has 4 N–H and O–H groups in total. The van der Waals surface area contributed by atoms with Crippen LogP contribution in [0.5, 0.6) is 0 Å². The van der Waals surface area contributed by atoms with Gasteiger partial charge in [-0.2, -0.15) is 0 Å². The Morgan fingerprint density at radius 2 is 2.29 bits per heavy atom. The third kappa shape index (κ3) is 6.34. The summed E-state index contributed by atoms with van der Waals surface area (Å²) in [7, 11) is -1.52. The van der Waals surface area contributed by atoms with Gasteiger partial charge in [0.2, 0.25) is 11.8 Å². The average Bonchev–Trinajstić information content (AvgIpc) is 2.02. The van der Waals surface area contributed by atoms with E-state index in [1.807, 2.05) is 13.8 Å². The number of carbonyl (C=O) groups is 1. The van der Waals surface area contributed by atoms with Crippen molar-refractivity contribution in [1.82, 2.24) is 5.09 Å². The highest BCUT2D eigenvalue weighted by atomic mass is 32.4. The SMILES string of the molecule is CC(C)C[C@H](N)C(=O)N[P+](=S)OCO. The summed E-state index contributed by atoms with van der Waals surface area (Å²) in [5, 5.41) is 10.8. The number of carbonyl (C=O) groups excluding carboxylic acids is 1. The second-order valence-electron chi connectivity index (χ2n) is 3.23. The van der Waals surface area contributed by atoms with E-state index in [1.165, 1.54) is 0 Å². The van der Waals surface area contributed by atoms with Crippen LogP contribution in [-0.4, -0.2) is 23.8 Å². The Morgan fingerprint density at radius 3 is 2.71 bits per heavy atom. The molecular weight excluding hydrogens is 223 g/mol. The average molecular weight is 239 g/mol. The molecule has 0 aromatic rings. The van der Waals surface area contributed by atoms with E-state index in [4.69, 9.17) is 22.6 Å². The van der Waals surface area contributed by atoms with E-state index >= 15 is 0 Å².